The Kier molecular flexibility index (Phi) is 18.2. The maximum absolute atomic E-state index is 12.1. The Balaban J connectivity index is 0.000000326. The zero-order chi connectivity index (χ0) is 36.2. The maximum Gasteiger partial charge on any atom is 0.407 e. The molecule has 2 heterocycles. The molecule has 0 spiro atoms. The van der Waals surface area contributed by atoms with E-state index in [0.717, 1.165) is 11.1 Å². The molecule has 2 aromatic rings. The monoisotopic (exact) mass is 688 g/mol. The van der Waals surface area contributed by atoms with Crippen LogP contribution in [0.2, 0.25) is 0 Å². The van der Waals surface area contributed by atoms with Crippen LogP contribution >= 0.6 is 0 Å². The van der Waals surface area contributed by atoms with E-state index in [-0.39, 0.29) is 77.5 Å². The lowest BCUT2D eigenvalue weighted by Gasteiger charge is -2.16. The van der Waals surface area contributed by atoms with Crippen LogP contribution in [0, 0.1) is 11.8 Å². The summed E-state index contributed by atoms with van der Waals surface area (Å²) in [6.07, 6.45) is -3.07. The lowest BCUT2D eigenvalue weighted by Crippen LogP contribution is -2.39. The SMILES string of the molecule is CC.CCOC(=O)C1CN(C(=O)CNC(=O)OCc2ccccc2)CC1O.O=C(NCC(=O)N1CC(O)C(CO)C1)OCc1ccccc1. The van der Waals surface area contributed by atoms with Crippen LogP contribution in [0.5, 0.6) is 0 Å². The lowest BCUT2D eigenvalue weighted by molar-refractivity contribution is -0.150. The number of ether oxygens (including phenoxy) is 3. The van der Waals surface area contributed by atoms with Crippen LogP contribution in [0.4, 0.5) is 9.59 Å². The maximum atomic E-state index is 12.1. The first-order valence-electron chi connectivity index (χ1n) is 16.2. The van der Waals surface area contributed by atoms with Crippen molar-refractivity contribution in [3.05, 3.63) is 71.8 Å². The van der Waals surface area contributed by atoms with Gasteiger partial charge in [-0.2, -0.15) is 0 Å². The van der Waals surface area contributed by atoms with Gasteiger partial charge in [-0.3, -0.25) is 14.4 Å². The van der Waals surface area contributed by atoms with Crippen molar-refractivity contribution in [3.63, 3.8) is 0 Å². The molecule has 4 amide bonds. The van der Waals surface area contributed by atoms with Crippen molar-refractivity contribution in [2.24, 2.45) is 11.8 Å². The van der Waals surface area contributed by atoms with E-state index >= 15 is 0 Å². The number of carbonyl (C=O) groups excluding carboxylic acids is 5. The number of esters is 1. The molecule has 2 fully saturated rings. The van der Waals surface area contributed by atoms with Crippen LogP contribution in [0.3, 0.4) is 0 Å². The summed E-state index contributed by atoms with van der Waals surface area (Å²) in [6, 6.07) is 18.4. The first kappa shape index (κ1) is 40.4. The Morgan fingerprint density at radius 1 is 0.694 bits per heavy atom. The minimum atomic E-state index is -0.965. The topological polar surface area (TPSA) is 204 Å². The van der Waals surface area contributed by atoms with E-state index in [0.29, 0.717) is 0 Å². The standard InChI is InChI=1S/C17H22N2O6.C15H20N2O5.C2H6/c1-2-24-16(22)13-9-19(10-14(13)20)15(21)8-18-17(23)25-11-12-6-4-3-5-7-12;18-9-12-7-17(8-13(12)19)14(20)6-16-15(21)22-10-11-4-2-1-3-5-11;1-2/h3-7,13-14,20H,2,8-11H2,1H3,(H,18,23);1-5,12-13,18-19H,6-10H2,(H,16,21);1-2H3. The fraction of sp³-hybridized carbons (Fsp3) is 0.500. The number of benzene rings is 2. The summed E-state index contributed by atoms with van der Waals surface area (Å²) in [5.74, 6) is -2.32. The van der Waals surface area contributed by atoms with Gasteiger partial charge in [0.05, 0.1) is 25.4 Å². The summed E-state index contributed by atoms with van der Waals surface area (Å²) in [4.78, 5) is 61.6. The highest BCUT2D eigenvalue weighted by atomic mass is 16.6. The van der Waals surface area contributed by atoms with Gasteiger partial charge in [-0.15, -0.1) is 0 Å². The smallest absolute Gasteiger partial charge is 0.407 e. The highest BCUT2D eigenvalue weighted by Crippen LogP contribution is 2.19. The summed E-state index contributed by atoms with van der Waals surface area (Å²) in [5, 5.41) is 33.3. The summed E-state index contributed by atoms with van der Waals surface area (Å²) in [5.41, 5.74) is 1.70. The van der Waals surface area contributed by atoms with E-state index in [9.17, 15) is 34.2 Å². The van der Waals surface area contributed by atoms with Gasteiger partial charge in [-0.05, 0) is 18.1 Å². The average molecular weight is 689 g/mol. The second kappa shape index (κ2) is 22.0. The fourth-order valence-electron chi connectivity index (χ4n) is 4.78. The lowest BCUT2D eigenvalue weighted by atomic mass is 10.1. The molecule has 4 rings (SSSR count). The van der Waals surface area contributed by atoms with E-state index in [1.807, 2.05) is 74.5 Å². The molecule has 0 aromatic heterocycles. The molecule has 5 N–H and O–H groups in total. The molecule has 0 bridgehead atoms. The number of amides is 4. The van der Waals surface area contributed by atoms with Crippen molar-refractivity contribution >= 4 is 30.0 Å². The van der Waals surface area contributed by atoms with Gasteiger partial charge in [0.2, 0.25) is 11.8 Å². The molecule has 49 heavy (non-hydrogen) atoms. The predicted octanol–water partition coefficient (Wildman–Crippen LogP) is 1.05. The van der Waals surface area contributed by atoms with Crippen molar-refractivity contribution in [2.75, 3.05) is 52.5 Å². The average Bonchev–Trinajstić information content (AvgIpc) is 3.72. The summed E-state index contributed by atoms with van der Waals surface area (Å²) < 4.78 is 14.9. The summed E-state index contributed by atoms with van der Waals surface area (Å²) >= 11 is 0. The molecule has 4 unspecified atom stereocenters. The third-order valence-corrected chi connectivity index (χ3v) is 7.42. The third-order valence-electron chi connectivity index (χ3n) is 7.42. The number of aliphatic hydroxyl groups is 3. The summed E-state index contributed by atoms with van der Waals surface area (Å²) in [6.45, 7) is 6.05. The highest BCUT2D eigenvalue weighted by Gasteiger charge is 2.39. The van der Waals surface area contributed by atoms with Crippen molar-refractivity contribution in [2.45, 2.75) is 46.2 Å². The van der Waals surface area contributed by atoms with Crippen LogP contribution in [0.25, 0.3) is 0 Å². The number of alkyl carbamates (subject to hydrolysis) is 2. The molecular formula is C34H48N4O11. The number of rotatable bonds is 11. The van der Waals surface area contributed by atoms with Crippen LogP contribution in [-0.4, -0.2) is 120 Å². The minimum absolute atomic E-state index is 0.0308. The number of nitrogens with one attached hydrogen (secondary N) is 2. The van der Waals surface area contributed by atoms with E-state index in [1.165, 1.54) is 9.80 Å². The van der Waals surface area contributed by atoms with Crippen LogP contribution in [0.15, 0.2) is 60.7 Å². The van der Waals surface area contributed by atoms with Crippen molar-refractivity contribution in [3.8, 4) is 0 Å². The Bertz CT molecular complexity index is 1320. The number of β-amino-alcohol motifs (C(OH)–C–C–N with tert-alkyl or cyclic N) is 2. The molecule has 2 aliphatic rings. The highest BCUT2D eigenvalue weighted by molar-refractivity contribution is 5.84. The minimum Gasteiger partial charge on any atom is -0.466 e. The predicted molar refractivity (Wildman–Crippen MR) is 176 cm³/mol. The zero-order valence-electron chi connectivity index (χ0n) is 28.2. The van der Waals surface area contributed by atoms with Crippen LogP contribution in [0.1, 0.15) is 31.9 Å². The van der Waals surface area contributed by atoms with Gasteiger partial charge in [0, 0.05) is 32.1 Å². The zero-order valence-corrected chi connectivity index (χ0v) is 28.2. The van der Waals surface area contributed by atoms with Crippen molar-refractivity contribution < 1.29 is 53.5 Å². The largest absolute Gasteiger partial charge is 0.466 e. The van der Waals surface area contributed by atoms with Crippen molar-refractivity contribution in [1.29, 1.82) is 0 Å². The van der Waals surface area contributed by atoms with Gasteiger partial charge < -0.3 is 50.0 Å². The second-order valence-corrected chi connectivity index (χ2v) is 10.9. The Morgan fingerprint density at radius 3 is 1.57 bits per heavy atom. The Hall–Kier alpha value is -4.73. The molecule has 2 saturated heterocycles. The number of hydrogen-bond donors (Lipinski definition) is 5. The van der Waals surface area contributed by atoms with E-state index < -0.39 is 42.2 Å². The summed E-state index contributed by atoms with van der Waals surface area (Å²) in [7, 11) is 0. The van der Waals surface area contributed by atoms with Gasteiger partial charge in [-0.1, -0.05) is 74.5 Å². The fourth-order valence-corrected chi connectivity index (χ4v) is 4.78. The van der Waals surface area contributed by atoms with E-state index in [4.69, 9.17) is 19.3 Å². The molecule has 15 nitrogen and oxygen atoms in total. The van der Waals surface area contributed by atoms with Crippen LogP contribution in [-0.2, 0) is 41.8 Å². The van der Waals surface area contributed by atoms with E-state index in [1.54, 1.807) is 6.92 Å². The van der Waals surface area contributed by atoms with Crippen LogP contribution < -0.4 is 10.6 Å². The van der Waals surface area contributed by atoms with E-state index in [2.05, 4.69) is 10.6 Å². The second-order valence-electron chi connectivity index (χ2n) is 10.9. The Labute approximate surface area is 286 Å². The van der Waals surface area contributed by atoms with Gasteiger partial charge in [-0.25, -0.2) is 9.59 Å². The number of likely N-dealkylation sites (tertiary alicyclic amines) is 2. The molecule has 15 heteroatoms. The van der Waals surface area contributed by atoms with Gasteiger partial charge in [0.25, 0.3) is 0 Å². The van der Waals surface area contributed by atoms with Crippen molar-refractivity contribution in [1.82, 2.24) is 20.4 Å². The molecule has 0 radical (unpaired) electrons. The molecule has 0 saturated carbocycles. The number of aliphatic hydroxyl groups excluding tert-OH is 3. The quantitative estimate of drug-likeness (QED) is 0.167. The molecule has 0 aliphatic carbocycles. The van der Waals surface area contributed by atoms with Gasteiger partial charge in [0.15, 0.2) is 0 Å². The first-order chi connectivity index (χ1) is 23.6. The molecule has 270 valence electrons. The first-order valence-corrected chi connectivity index (χ1v) is 16.2. The molecular weight excluding hydrogens is 640 g/mol. The van der Waals surface area contributed by atoms with Gasteiger partial charge in [0.1, 0.15) is 32.2 Å². The number of carbonyl (C=O) groups is 5. The molecule has 2 aromatic carbocycles. The number of hydrogen-bond acceptors (Lipinski definition) is 11. The third kappa shape index (κ3) is 14.1. The Morgan fingerprint density at radius 2 is 1.14 bits per heavy atom. The molecule has 4 atom stereocenters. The normalized spacial score (nSPS) is 19.3. The van der Waals surface area contributed by atoms with Gasteiger partial charge >= 0.3 is 18.2 Å². The number of nitrogens with zero attached hydrogens (tertiary/aromatic N) is 2. The molecule has 2 aliphatic heterocycles.